The van der Waals surface area contributed by atoms with Crippen molar-refractivity contribution in [3.63, 3.8) is 0 Å². The number of ether oxygens (including phenoxy) is 1. The molecule has 0 radical (unpaired) electrons. The second-order valence-electron chi connectivity index (χ2n) is 6.88. The molecule has 0 saturated heterocycles. The average Bonchev–Trinajstić information content (AvgIpc) is 3.18. The molecule has 2 heterocycles. The first-order valence-electron chi connectivity index (χ1n) is 9.68. The van der Waals surface area contributed by atoms with E-state index >= 15 is 0 Å². The first-order chi connectivity index (χ1) is 15.0. The molecule has 7 heteroatoms. The second kappa shape index (κ2) is 8.83. The lowest BCUT2D eigenvalue weighted by Gasteiger charge is -2.09. The molecule has 0 fully saturated rings. The minimum absolute atomic E-state index is 0.180. The number of rotatable bonds is 5. The molecule has 2 aromatic carbocycles. The summed E-state index contributed by atoms with van der Waals surface area (Å²) in [5, 5.41) is 6.31. The molecule has 0 atom stereocenters. The Morgan fingerprint density at radius 3 is 2.55 bits per heavy atom. The molecular weight excluding hydrogens is 430 g/mol. The van der Waals surface area contributed by atoms with Crippen molar-refractivity contribution in [2.45, 2.75) is 13.8 Å². The summed E-state index contributed by atoms with van der Waals surface area (Å²) in [5.41, 5.74) is 2.99. The van der Waals surface area contributed by atoms with Crippen LogP contribution in [0, 0.1) is 6.92 Å². The van der Waals surface area contributed by atoms with Crippen molar-refractivity contribution in [1.29, 1.82) is 0 Å². The van der Waals surface area contributed by atoms with Crippen molar-refractivity contribution in [3.05, 3.63) is 85.5 Å². The highest BCUT2D eigenvalue weighted by Crippen LogP contribution is 2.36. The lowest BCUT2D eigenvalue weighted by Crippen LogP contribution is -2.15. The molecule has 1 N–H and O–H groups in total. The fraction of sp³-hybridized carbons (Fsp3) is 0.125. The molecule has 0 unspecified atom stereocenters. The maximum atomic E-state index is 12.9. The highest BCUT2D eigenvalue weighted by molar-refractivity contribution is 7.15. The van der Waals surface area contributed by atoms with Gasteiger partial charge >= 0.3 is 5.97 Å². The van der Waals surface area contributed by atoms with Crippen LogP contribution in [0.25, 0.3) is 21.9 Å². The van der Waals surface area contributed by atoms with Gasteiger partial charge in [0.15, 0.2) is 0 Å². The topological polar surface area (TPSA) is 72.5 Å². The number of hydrogen-bond acceptors (Lipinski definition) is 6. The van der Waals surface area contributed by atoms with Gasteiger partial charge in [0, 0.05) is 16.3 Å². The van der Waals surface area contributed by atoms with E-state index in [2.05, 4.69) is 5.32 Å². The zero-order chi connectivity index (χ0) is 22.0. The van der Waals surface area contributed by atoms with Crippen LogP contribution in [0.2, 0.25) is 0 Å². The maximum absolute atomic E-state index is 12.9. The molecule has 1 amide bonds. The van der Waals surface area contributed by atoms with Crippen molar-refractivity contribution < 1.29 is 14.3 Å². The SMILES string of the molecule is CCOC(=O)c1c(-c2ccc(C)cc2)csc1NC(=O)c1cc2ccccc2c(=O)s1. The highest BCUT2D eigenvalue weighted by Gasteiger charge is 2.23. The zero-order valence-electron chi connectivity index (χ0n) is 16.9. The van der Waals surface area contributed by atoms with Crippen LogP contribution in [-0.4, -0.2) is 18.5 Å². The summed E-state index contributed by atoms with van der Waals surface area (Å²) < 4.78 is 5.07. The Bertz CT molecular complexity index is 1340. The molecule has 0 spiro atoms. The number of anilines is 1. The van der Waals surface area contributed by atoms with Gasteiger partial charge in [-0.1, -0.05) is 59.4 Å². The number of benzene rings is 2. The Labute approximate surface area is 186 Å². The predicted molar refractivity (Wildman–Crippen MR) is 126 cm³/mol. The molecule has 156 valence electrons. The number of esters is 1. The van der Waals surface area contributed by atoms with Gasteiger partial charge in [-0.25, -0.2) is 4.79 Å². The molecule has 0 aliphatic rings. The zero-order valence-corrected chi connectivity index (χ0v) is 18.6. The number of hydrogen-bond donors (Lipinski definition) is 1. The molecule has 0 saturated carbocycles. The van der Waals surface area contributed by atoms with Crippen molar-refractivity contribution in [1.82, 2.24) is 0 Å². The van der Waals surface area contributed by atoms with Gasteiger partial charge in [-0.2, -0.15) is 0 Å². The minimum atomic E-state index is -0.499. The van der Waals surface area contributed by atoms with Gasteiger partial charge in [-0.15, -0.1) is 11.3 Å². The van der Waals surface area contributed by atoms with Gasteiger partial charge in [-0.3, -0.25) is 9.59 Å². The summed E-state index contributed by atoms with van der Waals surface area (Å²) in [6, 6.07) is 16.6. The number of amides is 1. The van der Waals surface area contributed by atoms with Crippen LogP contribution in [0.4, 0.5) is 5.00 Å². The van der Waals surface area contributed by atoms with E-state index in [0.29, 0.717) is 26.9 Å². The summed E-state index contributed by atoms with van der Waals surface area (Å²) in [6.07, 6.45) is 0. The fourth-order valence-electron chi connectivity index (χ4n) is 3.21. The number of aryl methyl sites for hydroxylation is 1. The van der Waals surface area contributed by atoms with Gasteiger partial charge in [0.1, 0.15) is 10.6 Å². The molecule has 0 aliphatic heterocycles. The third-order valence-electron chi connectivity index (χ3n) is 4.75. The lowest BCUT2D eigenvalue weighted by molar-refractivity contribution is 0.0529. The van der Waals surface area contributed by atoms with E-state index < -0.39 is 11.9 Å². The van der Waals surface area contributed by atoms with Gasteiger partial charge in [0.25, 0.3) is 5.91 Å². The minimum Gasteiger partial charge on any atom is -0.462 e. The molecule has 2 aromatic heterocycles. The summed E-state index contributed by atoms with van der Waals surface area (Å²) >= 11 is 2.14. The average molecular weight is 450 g/mol. The van der Waals surface area contributed by atoms with Gasteiger partial charge in [0.05, 0.1) is 11.5 Å². The van der Waals surface area contributed by atoms with E-state index in [1.165, 1.54) is 11.3 Å². The normalized spacial score (nSPS) is 10.8. The van der Waals surface area contributed by atoms with Crippen LogP contribution in [0.3, 0.4) is 0 Å². The van der Waals surface area contributed by atoms with Crippen LogP contribution in [-0.2, 0) is 4.74 Å². The summed E-state index contributed by atoms with van der Waals surface area (Å²) in [7, 11) is 0. The van der Waals surface area contributed by atoms with Crippen molar-refractivity contribution in [2.24, 2.45) is 0 Å². The molecule has 0 bridgehead atoms. The number of carbonyl (C=O) groups is 2. The fourth-order valence-corrected chi connectivity index (χ4v) is 4.99. The van der Waals surface area contributed by atoms with E-state index in [1.54, 1.807) is 31.2 Å². The van der Waals surface area contributed by atoms with Crippen LogP contribution in [0.5, 0.6) is 0 Å². The Hall–Kier alpha value is -3.29. The van der Waals surface area contributed by atoms with Crippen LogP contribution < -0.4 is 10.1 Å². The van der Waals surface area contributed by atoms with E-state index in [0.717, 1.165) is 22.5 Å². The van der Waals surface area contributed by atoms with E-state index in [1.807, 2.05) is 42.6 Å². The quantitative estimate of drug-likeness (QED) is 0.395. The summed E-state index contributed by atoms with van der Waals surface area (Å²) in [4.78, 5) is 38.4. The van der Waals surface area contributed by atoms with Gasteiger partial charge in [0.2, 0.25) is 4.74 Å². The molecule has 31 heavy (non-hydrogen) atoms. The molecule has 0 aliphatic carbocycles. The summed E-state index contributed by atoms with van der Waals surface area (Å²) in [5.74, 6) is -0.933. The second-order valence-corrected chi connectivity index (χ2v) is 8.77. The highest BCUT2D eigenvalue weighted by atomic mass is 32.1. The monoisotopic (exact) mass is 449 g/mol. The third-order valence-corrected chi connectivity index (χ3v) is 6.58. The van der Waals surface area contributed by atoms with Crippen molar-refractivity contribution in [3.8, 4) is 11.1 Å². The van der Waals surface area contributed by atoms with Crippen LogP contribution in [0.1, 0.15) is 32.5 Å². The van der Waals surface area contributed by atoms with Crippen molar-refractivity contribution >= 4 is 50.3 Å². The molecule has 5 nitrogen and oxygen atoms in total. The van der Waals surface area contributed by atoms with E-state index in [4.69, 9.17) is 4.74 Å². The third kappa shape index (κ3) is 4.28. The number of fused-ring (bicyclic) bond motifs is 1. The largest absolute Gasteiger partial charge is 0.462 e. The standard InChI is InChI=1S/C24H19NO4S2/c1-3-29-23(27)20-18(15-10-8-14(2)9-11-15)13-30-22(20)25-21(26)19-12-16-6-4-5-7-17(16)24(28)31-19/h4-13H,3H2,1-2H3,(H,25,26). The van der Waals surface area contributed by atoms with Crippen LogP contribution >= 0.6 is 22.7 Å². The van der Waals surface area contributed by atoms with Gasteiger partial charge < -0.3 is 10.1 Å². The molecule has 4 aromatic rings. The van der Waals surface area contributed by atoms with Gasteiger partial charge in [-0.05, 0) is 36.9 Å². The Kier molecular flexibility index (Phi) is 5.97. The number of thiophene rings is 1. The molecule has 4 rings (SSSR count). The smallest absolute Gasteiger partial charge is 0.341 e. The first kappa shape index (κ1) is 21.0. The Morgan fingerprint density at radius 1 is 1.06 bits per heavy atom. The van der Waals surface area contributed by atoms with Crippen LogP contribution in [0.15, 0.2) is 64.8 Å². The number of nitrogens with one attached hydrogen (secondary N) is 1. The molecular formula is C24H19NO4S2. The maximum Gasteiger partial charge on any atom is 0.341 e. The predicted octanol–water partition coefficient (Wildman–Crippen LogP) is 5.73. The van der Waals surface area contributed by atoms with E-state index in [9.17, 15) is 14.4 Å². The lowest BCUT2D eigenvalue weighted by atomic mass is 10.0. The first-order valence-corrected chi connectivity index (χ1v) is 11.4. The summed E-state index contributed by atoms with van der Waals surface area (Å²) in [6.45, 7) is 3.95. The Morgan fingerprint density at radius 2 is 1.81 bits per heavy atom. The number of carbonyl (C=O) groups excluding carboxylic acids is 2. The Balaban J connectivity index is 1.72. The van der Waals surface area contributed by atoms with E-state index in [-0.39, 0.29) is 16.2 Å². The van der Waals surface area contributed by atoms with Crippen molar-refractivity contribution in [2.75, 3.05) is 11.9 Å².